The zero-order valence-electron chi connectivity index (χ0n) is 18.0. The van der Waals surface area contributed by atoms with Crippen molar-refractivity contribution in [1.29, 1.82) is 0 Å². The summed E-state index contributed by atoms with van der Waals surface area (Å²) < 4.78 is 32.3. The highest BCUT2D eigenvalue weighted by molar-refractivity contribution is 7.89. The summed E-state index contributed by atoms with van der Waals surface area (Å²) in [6, 6.07) is 12.2. The first-order chi connectivity index (χ1) is 14.7. The number of para-hydroxylation sites is 1. The third kappa shape index (κ3) is 5.25. The van der Waals surface area contributed by atoms with E-state index in [0.29, 0.717) is 17.0 Å². The van der Waals surface area contributed by atoms with E-state index in [1.54, 1.807) is 20.0 Å². The van der Waals surface area contributed by atoms with Crippen molar-refractivity contribution in [3.63, 3.8) is 0 Å². The van der Waals surface area contributed by atoms with Gasteiger partial charge in [-0.05, 0) is 37.6 Å². The van der Waals surface area contributed by atoms with Crippen LogP contribution in [0, 0.1) is 13.8 Å². The van der Waals surface area contributed by atoms with E-state index >= 15 is 0 Å². The number of fused-ring (bicyclic) bond motifs is 1. The summed E-state index contributed by atoms with van der Waals surface area (Å²) in [6.45, 7) is 4.28. The molecule has 0 aliphatic heterocycles. The summed E-state index contributed by atoms with van der Waals surface area (Å²) in [4.78, 5) is 23.7. The zero-order valence-corrected chi connectivity index (χ0v) is 18.9. The van der Waals surface area contributed by atoms with E-state index in [4.69, 9.17) is 4.74 Å². The molecular formula is C22H26N4O4S. The molecule has 1 N–H and O–H groups in total. The number of rotatable bonds is 8. The van der Waals surface area contributed by atoms with Crippen LogP contribution in [0.3, 0.4) is 0 Å². The first kappa shape index (κ1) is 22.8. The van der Waals surface area contributed by atoms with Gasteiger partial charge in [-0.15, -0.1) is 0 Å². The molecule has 0 atom stereocenters. The predicted octanol–water partition coefficient (Wildman–Crippen LogP) is 2.44. The van der Waals surface area contributed by atoms with Crippen LogP contribution in [0.1, 0.15) is 27.4 Å². The average Bonchev–Trinajstić information content (AvgIpc) is 2.73. The molecule has 8 nitrogen and oxygen atoms in total. The highest BCUT2D eigenvalue weighted by Crippen LogP contribution is 2.19. The number of benzene rings is 2. The Labute approximate surface area is 182 Å². The molecule has 0 unspecified atom stereocenters. The fourth-order valence-electron chi connectivity index (χ4n) is 3.22. The molecule has 1 aromatic heterocycles. The minimum Gasteiger partial charge on any atom is -0.383 e. The fourth-order valence-corrected chi connectivity index (χ4v) is 4.25. The van der Waals surface area contributed by atoms with Crippen molar-refractivity contribution in [3.8, 4) is 0 Å². The summed E-state index contributed by atoms with van der Waals surface area (Å²) in [7, 11) is -0.605. The van der Waals surface area contributed by atoms with Gasteiger partial charge in [0.15, 0.2) is 0 Å². The van der Waals surface area contributed by atoms with E-state index in [0.717, 1.165) is 16.6 Å². The zero-order chi connectivity index (χ0) is 22.6. The molecule has 164 valence electrons. The van der Waals surface area contributed by atoms with Gasteiger partial charge in [-0.3, -0.25) is 4.79 Å². The van der Waals surface area contributed by atoms with Gasteiger partial charge < -0.3 is 9.64 Å². The number of carbonyl (C=O) groups excluding carboxylic acids is 1. The summed E-state index contributed by atoms with van der Waals surface area (Å²) in [5, 5.41) is 0.968. The maximum Gasteiger partial charge on any atom is 0.254 e. The Kier molecular flexibility index (Phi) is 6.99. The van der Waals surface area contributed by atoms with Crippen molar-refractivity contribution in [2.45, 2.75) is 25.3 Å². The normalized spacial score (nSPS) is 11.6. The second-order valence-corrected chi connectivity index (χ2v) is 9.04. The molecule has 1 amide bonds. The molecular weight excluding hydrogens is 416 g/mol. The molecule has 0 aliphatic carbocycles. The molecule has 0 bridgehead atoms. The first-order valence-electron chi connectivity index (χ1n) is 9.80. The van der Waals surface area contributed by atoms with Gasteiger partial charge in [0, 0.05) is 37.3 Å². The molecule has 3 rings (SSSR count). The number of amides is 1. The van der Waals surface area contributed by atoms with E-state index in [2.05, 4.69) is 14.7 Å². The third-order valence-corrected chi connectivity index (χ3v) is 6.37. The smallest absolute Gasteiger partial charge is 0.254 e. The maximum absolute atomic E-state index is 13.1. The number of aromatic nitrogens is 2. The minimum absolute atomic E-state index is 0.0313. The van der Waals surface area contributed by atoms with Crippen LogP contribution in [-0.4, -0.2) is 56.5 Å². The standard InChI is InChI=1S/C22H26N4O4S/c1-15-9-10-17(31(28,29)23-11-12-30-4)13-19(15)22(27)26(3)14-21-24-16(2)18-7-5-6-8-20(18)25-21/h5-10,13,23H,11-12,14H2,1-4H3. The number of carbonyl (C=O) groups is 1. The highest BCUT2D eigenvalue weighted by atomic mass is 32.2. The van der Waals surface area contributed by atoms with Crippen molar-refractivity contribution in [2.75, 3.05) is 27.3 Å². The number of sulfonamides is 1. The molecule has 0 fully saturated rings. The lowest BCUT2D eigenvalue weighted by Gasteiger charge is -2.19. The monoisotopic (exact) mass is 442 g/mol. The number of hydrogen-bond acceptors (Lipinski definition) is 6. The maximum atomic E-state index is 13.1. The lowest BCUT2D eigenvalue weighted by Crippen LogP contribution is -2.29. The molecule has 0 saturated carbocycles. The Balaban J connectivity index is 1.83. The van der Waals surface area contributed by atoms with E-state index < -0.39 is 10.0 Å². The quantitative estimate of drug-likeness (QED) is 0.538. The van der Waals surface area contributed by atoms with Gasteiger partial charge in [0.05, 0.1) is 23.6 Å². The number of nitrogens with zero attached hydrogens (tertiary/aromatic N) is 3. The van der Waals surface area contributed by atoms with E-state index in [1.807, 2.05) is 31.2 Å². The first-order valence-corrected chi connectivity index (χ1v) is 11.3. The average molecular weight is 443 g/mol. The summed E-state index contributed by atoms with van der Waals surface area (Å²) in [5.74, 6) is 0.218. The number of nitrogens with one attached hydrogen (secondary N) is 1. The van der Waals surface area contributed by atoms with Crippen LogP contribution in [0.25, 0.3) is 10.9 Å². The number of ether oxygens (including phenoxy) is 1. The largest absolute Gasteiger partial charge is 0.383 e. The molecule has 31 heavy (non-hydrogen) atoms. The molecule has 3 aromatic rings. The van der Waals surface area contributed by atoms with Gasteiger partial charge in [-0.25, -0.2) is 23.1 Å². The molecule has 2 aromatic carbocycles. The highest BCUT2D eigenvalue weighted by Gasteiger charge is 2.20. The summed E-state index contributed by atoms with van der Waals surface area (Å²) >= 11 is 0. The second-order valence-electron chi connectivity index (χ2n) is 7.27. The topological polar surface area (TPSA) is 101 Å². The summed E-state index contributed by atoms with van der Waals surface area (Å²) in [5.41, 5.74) is 2.66. The Morgan fingerprint density at radius 2 is 1.87 bits per heavy atom. The van der Waals surface area contributed by atoms with Crippen molar-refractivity contribution in [3.05, 3.63) is 65.1 Å². The van der Waals surface area contributed by atoms with Crippen LogP contribution in [0.2, 0.25) is 0 Å². The molecule has 9 heteroatoms. The molecule has 0 saturated heterocycles. The van der Waals surface area contributed by atoms with Crippen LogP contribution in [-0.2, 0) is 21.3 Å². The van der Waals surface area contributed by atoms with E-state index in [9.17, 15) is 13.2 Å². The van der Waals surface area contributed by atoms with Crippen LogP contribution in [0.4, 0.5) is 0 Å². The van der Waals surface area contributed by atoms with Gasteiger partial charge in [0.25, 0.3) is 5.91 Å². The third-order valence-electron chi connectivity index (χ3n) is 4.91. The van der Waals surface area contributed by atoms with Crippen molar-refractivity contribution >= 4 is 26.8 Å². The van der Waals surface area contributed by atoms with Crippen LogP contribution < -0.4 is 4.72 Å². The van der Waals surface area contributed by atoms with Gasteiger partial charge in [0.1, 0.15) is 5.82 Å². The van der Waals surface area contributed by atoms with E-state index in [-0.39, 0.29) is 30.5 Å². The molecule has 1 heterocycles. The molecule has 0 aliphatic rings. The Bertz CT molecular complexity index is 1210. The molecule has 0 radical (unpaired) electrons. The number of methoxy groups -OCH3 is 1. The number of aryl methyl sites for hydroxylation is 2. The summed E-state index contributed by atoms with van der Waals surface area (Å²) in [6.07, 6.45) is 0. The van der Waals surface area contributed by atoms with Gasteiger partial charge in [-0.2, -0.15) is 0 Å². The lowest BCUT2D eigenvalue weighted by molar-refractivity contribution is 0.0780. The van der Waals surface area contributed by atoms with E-state index in [1.165, 1.54) is 24.1 Å². The van der Waals surface area contributed by atoms with Crippen molar-refractivity contribution < 1.29 is 17.9 Å². The van der Waals surface area contributed by atoms with Gasteiger partial charge >= 0.3 is 0 Å². The number of hydrogen-bond donors (Lipinski definition) is 1. The van der Waals surface area contributed by atoms with Gasteiger partial charge in [0.2, 0.25) is 10.0 Å². The Morgan fingerprint density at radius 1 is 1.13 bits per heavy atom. The minimum atomic E-state index is -3.75. The second kappa shape index (κ2) is 9.51. The SMILES string of the molecule is COCCNS(=O)(=O)c1ccc(C)c(C(=O)N(C)Cc2nc(C)c3ccccc3n2)c1. The lowest BCUT2D eigenvalue weighted by atomic mass is 10.1. The Hall–Kier alpha value is -2.88. The Morgan fingerprint density at radius 3 is 2.61 bits per heavy atom. The fraction of sp³-hybridized carbons (Fsp3) is 0.318. The van der Waals surface area contributed by atoms with Gasteiger partial charge in [-0.1, -0.05) is 24.3 Å². The van der Waals surface area contributed by atoms with Crippen LogP contribution >= 0.6 is 0 Å². The van der Waals surface area contributed by atoms with Crippen LogP contribution in [0.5, 0.6) is 0 Å². The van der Waals surface area contributed by atoms with Crippen LogP contribution in [0.15, 0.2) is 47.4 Å². The van der Waals surface area contributed by atoms with Crippen molar-refractivity contribution in [2.24, 2.45) is 0 Å². The predicted molar refractivity (Wildman–Crippen MR) is 118 cm³/mol. The van der Waals surface area contributed by atoms with Crippen molar-refractivity contribution in [1.82, 2.24) is 19.6 Å². The molecule has 0 spiro atoms.